The summed E-state index contributed by atoms with van der Waals surface area (Å²) in [6.45, 7) is 0.722. The number of hydrogen-bond acceptors (Lipinski definition) is 4. The van der Waals surface area contributed by atoms with E-state index in [-0.39, 0.29) is 36.7 Å². The van der Waals surface area contributed by atoms with Crippen LogP contribution in [0, 0.1) is 5.92 Å². The number of nitrogens with one attached hydrogen (secondary N) is 2. The third-order valence-electron chi connectivity index (χ3n) is 4.59. The molecule has 0 bridgehead atoms. The van der Waals surface area contributed by atoms with Crippen LogP contribution in [0.15, 0.2) is 54.6 Å². The highest BCUT2D eigenvalue weighted by atomic mass is 16.5. The van der Waals surface area contributed by atoms with E-state index >= 15 is 0 Å². The van der Waals surface area contributed by atoms with Crippen molar-refractivity contribution in [1.29, 1.82) is 0 Å². The van der Waals surface area contributed by atoms with E-state index in [4.69, 9.17) is 4.74 Å². The molecule has 1 aliphatic rings. The van der Waals surface area contributed by atoms with Crippen LogP contribution in [0.1, 0.15) is 12.0 Å². The van der Waals surface area contributed by atoms with Crippen LogP contribution < -0.4 is 20.3 Å². The second-order valence-corrected chi connectivity index (χ2v) is 6.56. The molecular formula is C21H23N3O4. The van der Waals surface area contributed by atoms with Crippen LogP contribution >= 0.6 is 0 Å². The number of rotatable bonds is 7. The van der Waals surface area contributed by atoms with Crippen LogP contribution in [0.4, 0.5) is 5.69 Å². The van der Waals surface area contributed by atoms with E-state index in [0.29, 0.717) is 24.5 Å². The first-order valence-corrected chi connectivity index (χ1v) is 9.12. The van der Waals surface area contributed by atoms with E-state index in [0.717, 1.165) is 5.56 Å². The molecule has 146 valence electrons. The van der Waals surface area contributed by atoms with Crippen molar-refractivity contribution < 1.29 is 19.1 Å². The SMILES string of the molecule is CNC(=O)[C@@H]1CC(=O)N(c2ccc(OCC(=O)NCc3ccccc3)cc2)C1. The molecule has 1 atom stereocenters. The van der Waals surface area contributed by atoms with Gasteiger partial charge in [-0.25, -0.2) is 0 Å². The van der Waals surface area contributed by atoms with Crippen molar-refractivity contribution in [3.05, 3.63) is 60.2 Å². The van der Waals surface area contributed by atoms with Crippen molar-refractivity contribution >= 4 is 23.4 Å². The van der Waals surface area contributed by atoms with Gasteiger partial charge in [-0.2, -0.15) is 0 Å². The summed E-state index contributed by atoms with van der Waals surface area (Å²) in [6, 6.07) is 16.6. The molecule has 0 unspecified atom stereocenters. The monoisotopic (exact) mass is 381 g/mol. The molecule has 1 aliphatic heterocycles. The Morgan fingerprint density at radius 3 is 2.50 bits per heavy atom. The average Bonchev–Trinajstić information content (AvgIpc) is 3.13. The Labute approximate surface area is 163 Å². The first-order chi connectivity index (χ1) is 13.6. The molecule has 2 aromatic rings. The smallest absolute Gasteiger partial charge is 0.258 e. The van der Waals surface area contributed by atoms with E-state index in [1.54, 1.807) is 36.2 Å². The Morgan fingerprint density at radius 1 is 1.11 bits per heavy atom. The number of ether oxygens (including phenoxy) is 1. The number of carbonyl (C=O) groups excluding carboxylic acids is 3. The molecule has 1 heterocycles. The van der Waals surface area contributed by atoms with Crippen LogP contribution in [0.5, 0.6) is 5.75 Å². The summed E-state index contributed by atoms with van der Waals surface area (Å²) in [5.74, 6) is -0.217. The number of amides is 3. The summed E-state index contributed by atoms with van der Waals surface area (Å²) < 4.78 is 5.50. The number of carbonyl (C=O) groups is 3. The van der Waals surface area contributed by atoms with Crippen LogP contribution in [0.3, 0.4) is 0 Å². The van der Waals surface area contributed by atoms with E-state index in [1.807, 2.05) is 30.3 Å². The molecule has 3 amide bonds. The zero-order chi connectivity index (χ0) is 19.9. The average molecular weight is 381 g/mol. The van der Waals surface area contributed by atoms with Crippen molar-refractivity contribution in [2.24, 2.45) is 5.92 Å². The Bertz CT molecular complexity index is 836. The third-order valence-corrected chi connectivity index (χ3v) is 4.59. The summed E-state index contributed by atoms with van der Waals surface area (Å²) in [5.41, 5.74) is 1.72. The number of benzene rings is 2. The summed E-state index contributed by atoms with van der Waals surface area (Å²) in [4.78, 5) is 37.4. The fourth-order valence-electron chi connectivity index (χ4n) is 3.06. The van der Waals surface area contributed by atoms with Gasteiger partial charge in [-0.3, -0.25) is 14.4 Å². The quantitative estimate of drug-likeness (QED) is 0.761. The topological polar surface area (TPSA) is 87.7 Å². The highest BCUT2D eigenvalue weighted by molar-refractivity contribution is 6.00. The van der Waals surface area contributed by atoms with Gasteiger partial charge < -0.3 is 20.3 Å². The number of anilines is 1. The van der Waals surface area contributed by atoms with Gasteiger partial charge in [0, 0.05) is 32.2 Å². The molecule has 2 N–H and O–H groups in total. The molecule has 2 aromatic carbocycles. The summed E-state index contributed by atoms with van der Waals surface area (Å²) >= 11 is 0. The Morgan fingerprint density at radius 2 is 1.82 bits per heavy atom. The Balaban J connectivity index is 1.48. The van der Waals surface area contributed by atoms with Crippen molar-refractivity contribution in [2.75, 3.05) is 25.1 Å². The van der Waals surface area contributed by atoms with Gasteiger partial charge in [-0.15, -0.1) is 0 Å². The zero-order valence-electron chi connectivity index (χ0n) is 15.7. The van der Waals surface area contributed by atoms with Crippen LogP contribution in [-0.4, -0.2) is 37.9 Å². The lowest BCUT2D eigenvalue weighted by molar-refractivity contribution is -0.125. The lowest BCUT2D eigenvalue weighted by Crippen LogP contribution is -2.30. The first kappa shape index (κ1) is 19.4. The fraction of sp³-hybridized carbons (Fsp3) is 0.286. The molecule has 0 aromatic heterocycles. The van der Waals surface area contributed by atoms with Gasteiger partial charge in [0.15, 0.2) is 6.61 Å². The van der Waals surface area contributed by atoms with Gasteiger partial charge in [0.2, 0.25) is 11.8 Å². The van der Waals surface area contributed by atoms with Crippen LogP contribution in [0.2, 0.25) is 0 Å². The van der Waals surface area contributed by atoms with E-state index in [2.05, 4.69) is 10.6 Å². The standard InChI is InChI=1S/C21H23N3O4/c1-22-21(27)16-11-20(26)24(13-16)17-7-9-18(10-8-17)28-14-19(25)23-12-15-5-3-2-4-6-15/h2-10,16H,11-14H2,1H3,(H,22,27)(H,23,25)/t16-/m1/s1. The summed E-state index contributed by atoms with van der Waals surface area (Å²) in [7, 11) is 1.57. The third kappa shape index (κ3) is 4.88. The van der Waals surface area contributed by atoms with Gasteiger partial charge in [0.25, 0.3) is 5.91 Å². The summed E-state index contributed by atoms with van der Waals surface area (Å²) in [5, 5.41) is 5.38. The lowest BCUT2D eigenvalue weighted by atomic mass is 10.1. The predicted molar refractivity (Wildman–Crippen MR) is 105 cm³/mol. The van der Waals surface area contributed by atoms with Crippen molar-refractivity contribution in [3.63, 3.8) is 0 Å². The first-order valence-electron chi connectivity index (χ1n) is 9.12. The molecular weight excluding hydrogens is 358 g/mol. The van der Waals surface area contributed by atoms with E-state index in [9.17, 15) is 14.4 Å². The van der Waals surface area contributed by atoms with Crippen molar-refractivity contribution in [1.82, 2.24) is 10.6 Å². The Hall–Kier alpha value is -3.35. The van der Waals surface area contributed by atoms with Gasteiger partial charge in [0.1, 0.15) is 5.75 Å². The minimum absolute atomic E-state index is 0.0810. The molecule has 0 aliphatic carbocycles. The second-order valence-electron chi connectivity index (χ2n) is 6.56. The van der Waals surface area contributed by atoms with Crippen molar-refractivity contribution in [3.8, 4) is 5.75 Å². The van der Waals surface area contributed by atoms with Crippen molar-refractivity contribution in [2.45, 2.75) is 13.0 Å². The Kier molecular flexibility index (Phi) is 6.26. The molecule has 0 saturated carbocycles. The molecule has 7 nitrogen and oxygen atoms in total. The number of hydrogen-bond donors (Lipinski definition) is 2. The fourth-order valence-corrected chi connectivity index (χ4v) is 3.06. The molecule has 0 radical (unpaired) electrons. The summed E-state index contributed by atoms with van der Waals surface area (Å²) in [6.07, 6.45) is 0.208. The minimum atomic E-state index is -0.332. The lowest BCUT2D eigenvalue weighted by Gasteiger charge is -2.17. The maximum Gasteiger partial charge on any atom is 0.258 e. The largest absolute Gasteiger partial charge is 0.484 e. The molecule has 3 rings (SSSR count). The minimum Gasteiger partial charge on any atom is -0.484 e. The molecule has 0 spiro atoms. The van der Waals surface area contributed by atoms with Crippen LogP contribution in [-0.2, 0) is 20.9 Å². The van der Waals surface area contributed by atoms with E-state index in [1.165, 1.54) is 0 Å². The predicted octanol–water partition coefficient (Wildman–Crippen LogP) is 1.48. The molecule has 7 heteroatoms. The van der Waals surface area contributed by atoms with Gasteiger partial charge in [0.05, 0.1) is 5.92 Å². The normalized spacial score (nSPS) is 16.0. The maximum atomic E-state index is 12.2. The number of nitrogens with zero attached hydrogens (tertiary/aromatic N) is 1. The highest BCUT2D eigenvalue weighted by Gasteiger charge is 2.34. The molecule has 1 saturated heterocycles. The molecule has 28 heavy (non-hydrogen) atoms. The zero-order valence-corrected chi connectivity index (χ0v) is 15.7. The van der Waals surface area contributed by atoms with Crippen LogP contribution in [0.25, 0.3) is 0 Å². The van der Waals surface area contributed by atoms with Gasteiger partial charge in [-0.1, -0.05) is 30.3 Å². The maximum absolute atomic E-state index is 12.2. The second kappa shape index (κ2) is 9.03. The van der Waals surface area contributed by atoms with Gasteiger partial charge in [-0.05, 0) is 29.8 Å². The highest BCUT2D eigenvalue weighted by Crippen LogP contribution is 2.26. The van der Waals surface area contributed by atoms with E-state index < -0.39 is 0 Å². The van der Waals surface area contributed by atoms with Gasteiger partial charge >= 0.3 is 0 Å². The molecule has 1 fully saturated rings.